The van der Waals surface area contributed by atoms with Crippen LogP contribution in [0, 0.1) is 24.1 Å². The van der Waals surface area contributed by atoms with Crippen molar-refractivity contribution in [2.45, 2.75) is 38.6 Å². The van der Waals surface area contributed by atoms with Crippen molar-refractivity contribution in [3.63, 3.8) is 0 Å². The van der Waals surface area contributed by atoms with E-state index in [1.807, 2.05) is 54.3 Å². The van der Waals surface area contributed by atoms with Gasteiger partial charge in [0.1, 0.15) is 5.52 Å². The molecule has 0 bridgehead atoms. The first-order chi connectivity index (χ1) is 19.4. The van der Waals surface area contributed by atoms with Gasteiger partial charge in [0.25, 0.3) is 5.91 Å². The number of aromatic nitrogens is 2. The predicted molar refractivity (Wildman–Crippen MR) is 157 cm³/mol. The van der Waals surface area contributed by atoms with Crippen LogP contribution in [0.5, 0.6) is 0 Å². The number of halogens is 3. The number of benzene rings is 3. The lowest BCUT2D eigenvalue weighted by atomic mass is 9.93. The van der Waals surface area contributed by atoms with Crippen LogP contribution in [0.25, 0.3) is 32.9 Å². The zero-order valence-corrected chi connectivity index (χ0v) is 23.3. The number of fused-ring (bicyclic) bond motifs is 3. The minimum absolute atomic E-state index is 0.00524. The number of pyridine rings is 1. The predicted octanol–water partition coefficient (Wildman–Crippen LogP) is 8.57. The molecule has 0 spiro atoms. The number of nitrogens with zero attached hydrogens (tertiary/aromatic N) is 3. The Bertz CT molecular complexity index is 1830. The van der Waals surface area contributed by atoms with Crippen LogP contribution in [0.4, 0.5) is 4.39 Å². The van der Waals surface area contributed by atoms with Crippen LogP contribution in [-0.2, 0) is 6.42 Å². The lowest BCUT2D eigenvalue weighted by Gasteiger charge is -2.24. The molecule has 200 valence electrons. The molecule has 3 heterocycles. The normalized spacial score (nSPS) is 15.2. The molecule has 6 rings (SSSR count). The summed E-state index contributed by atoms with van der Waals surface area (Å²) in [6.45, 7) is 2.53. The fourth-order valence-electron chi connectivity index (χ4n) is 5.83. The van der Waals surface area contributed by atoms with Gasteiger partial charge in [0.15, 0.2) is 5.82 Å². The Balaban J connectivity index is 1.52. The zero-order chi connectivity index (χ0) is 28.0. The number of rotatable bonds is 5. The standard InChI is InChI=1S/C32H25Cl2FN4O/c1-18-22-17-25(26-13-7-15-39(26)32(40)19-8-3-2-4-9-19)38-30(22)23-16-20(10-6-14-36)27(29(35)31(23)37-18)21-11-5-12-24(33)28(21)34/h2-5,8-9,11-12,16-17,26,38H,6-7,10,13,15H2,1H3. The quantitative estimate of drug-likeness (QED) is 0.230. The van der Waals surface area contributed by atoms with Crippen molar-refractivity contribution in [3.8, 4) is 17.2 Å². The van der Waals surface area contributed by atoms with E-state index in [1.54, 1.807) is 18.2 Å². The molecule has 1 fully saturated rings. The largest absolute Gasteiger partial charge is 0.356 e. The summed E-state index contributed by atoms with van der Waals surface area (Å²) in [6.07, 6.45) is 2.28. The van der Waals surface area contributed by atoms with Gasteiger partial charge >= 0.3 is 0 Å². The number of likely N-dealkylation sites (tertiary alicyclic amines) is 1. The summed E-state index contributed by atoms with van der Waals surface area (Å²) in [5.41, 5.74) is 4.64. The maximum absolute atomic E-state index is 16.4. The number of aromatic amines is 1. The minimum atomic E-state index is -0.502. The van der Waals surface area contributed by atoms with Gasteiger partial charge in [0.2, 0.25) is 0 Å². The molecule has 1 atom stereocenters. The molecule has 2 aromatic heterocycles. The van der Waals surface area contributed by atoms with Crippen LogP contribution in [0.3, 0.4) is 0 Å². The van der Waals surface area contributed by atoms with Gasteiger partial charge in [-0.05, 0) is 62.1 Å². The molecule has 1 N–H and O–H groups in total. The highest BCUT2D eigenvalue weighted by Gasteiger charge is 2.32. The molecule has 5 aromatic rings. The molecule has 1 saturated heterocycles. The second kappa shape index (κ2) is 10.6. The lowest BCUT2D eigenvalue weighted by Crippen LogP contribution is -2.30. The van der Waals surface area contributed by atoms with Crippen LogP contribution >= 0.6 is 23.2 Å². The molecule has 3 aromatic carbocycles. The molecule has 1 amide bonds. The van der Waals surface area contributed by atoms with E-state index >= 15 is 4.39 Å². The van der Waals surface area contributed by atoms with Crippen molar-refractivity contribution in [1.82, 2.24) is 14.9 Å². The van der Waals surface area contributed by atoms with E-state index in [0.717, 1.165) is 29.4 Å². The maximum atomic E-state index is 16.4. The highest BCUT2D eigenvalue weighted by molar-refractivity contribution is 6.43. The summed E-state index contributed by atoms with van der Waals surface area (Å²) < 4.78 is 16.4. The second-order valence-electron chi connectivity index (χ2n) is 10.1. The lowest BCUT2D eigenvalue weighted by molar-refractivity contribution is 0.0733. The first-order valence-corrected chi connectivity index (χ1v) is 14.0. The summed E-state index contributed by atoms with van der Waals surface area (Å²) in [5, 5.41) is 11.4. The van der Waals surface area contributed by atoms with Gasteiger partial charge in [-0.3, -0.25) is 4.79 Å². The van der Waals surface area contributed by atoms with E-state index in [2.05, 4.69) is 16.0 Å². The minimum Gasteiger partial charge on any atom is -0.356 e. The Hall–Kier alpha value is -3.92. The topological polar surface area (TPSA) is 72.8 Å². The monoisotopic (exact) mass is 570 g/mol. The molecular formula is C32H25Cl2FN4O. The van der Waals surface area contributed by atoms with Crippen LogP contribution in [0.2, 0.25) is 10.0 Å². The summed E-state index contributed by atoms with van der Waals surface area (Å²) in [4.78, 5) is 23.5. The third-order valence-electron chi connectivity index (χ3n) is 7.72. The first-order valence-electron chi connectivity index (χ1n) is 13.2. The van der Waals surface area contributed by atoms with Crippen molar-refractivity contribution in [3.05, 3.63) is 99.0 Å². The average Bonchev–Trinajstić information content (AvgIpc) is 3.63. The summed E-state index contributed by atoms with van der Waals surface area (Å²) in [6, 6.07) is 20.4. The summed E-state index contributed by atoms with van der Waals surface area (Å²) >= 11 is 12.8. The van der Waals surface area contributed by atoms with E-state index in [0.29, 0.717) is 51.3 Å². The fourth-order valence-corrected chi connectivity index (χ4v) is 6.22. The van der Waals surface area contributed by atoms with Gasteiger partial charge < -0.3 is 9.88 Å². The Morgan fingerprint density at radius 1 is 1.15 bits per heavy atom. The Morgan fingerprint density at radius 2 is 1.95 bits per heavy atom. The number of aryl methyl sites for hydroxylation is 2. The second-order valence-corrected chi connectivity index (χ2v) is 10.9. The molecule has 5 nitrogen and oxygen atoms in total. The van der Waals surface area contributed by atoms with E-state index in [-0.39, 0.29) is 28.9 Å². The van der Waals surface area contributed by atoms with E-state index in [4.69, 9.17) is 23.2 Å². The van der Waals surface area contributed by atoms with Gasteiger partial charge in [-0.2, -0.15) is 5.26 Å². The van der Waals surface area contributed by atoms with Gasteiger partial charge in [-0.1, -0.05) is 53.5 Å². The SMILES string of the molecule is Cc1nc2c(F)c(-c3cccc(Cl)c3Cl)c(CCC#N)cc2c2[nH]c(C3CCCN3C(=O)c3ccccc3)cc12. The Kier molecular flexibility index (Phi) is 6.95. The van der Waals surface area contributed by atoms with Crippen LogP contribution in [0.15, 0.2) is 60.7 Å². The van der Waals surface area contributed by atoms with Crippen molar-refractivity contribution in [2.24, 2.45) is 0 Å². The van der Waals surface area contributed by atoms with E-state index < -0.39 is 5.82 Å². The number of carbonyl (C=O) groups is 1. The number of amides is 1. The third kappa shape index (κ3) is 4.40. The van der Waals surface area contributed by atoms with Crippen molar-refractivity contribution in [1.29, 1.82) is 5.26 Å². The molecule has 0 aliphatic carbocycles. The third-order valence-corrected chi connectivity index (χ3v) is 8.54. The number of nitriles is 1. The maximum Gasteiger partial charge on any atom is 0.254 e. The van der Waals surface area contributed by atoms with Gasteiger partial charge in [-0.25, -0.2) is 9.37 Å². The number of hydrogen-bond acceptors (Lipinski definition) is 3. The summed E-state index contributed by atoms with van der Waals surface area (Å²) in [5.74, 6) is -0.508. The Morgan fingerprint density at radius 3 is 2.73 bits per heavy atom. The molecule has 0 radical (unpaired) electrons. The van der Waals surface area contributed by atoms with Gasteiger partial charge in [0.05, 0.1) is 27.7 Å². The molecule has 0 saturated carbocycles. The van der Waals surface area contributed by atoms with Crippen molar-refractivity contribution < 1.29 is 9.18 Å². The highest BCUT2D eigenvalue weighted by Crippen LogP contribution is 2.42. The number of hydrogen-bond donors (Lipinski definition) is 1. The molecule has 1 unspecified atom stereocenters. The van der Waals surface area contributed by atoms with Crippen LogP contribution in [-0.4, -0.2) is 27.3 Å². The number of carbonyl (C=O) groups excluding carboxylic acids is 1. The first kappa shape index (κ1) is 26.3. The van der Waals surface area contributed by atoms with Crippen molar-refractivity contribution in [2.75, 3.05) is 6.54 Å². The smallest absolute Gasteiger partial charge is 0.254 e. The van der Waals surface area contributed by atoms with Crippen LogP contribution < -0.4 is 0 Å². The average molecular weight is 571 g/mol. The fraction of sp³-hybridized carbons (Fsp3) is 0.219. The molecule has 1 aliphatic rings. The van der Waals surface area contributed by atoms with E-state index in [9.17, 15) is 10.1 Å². The Labute approximate surface area is 241 Å². The number of H-pyrrole nitrogens is 1. The van der Waals surface area contributed by atoms with Gasteiger partial charge in [-0.15, -0.1) is 0 Å². The summed E-state index contributed by atoms with van der Waals surface area (Å²) in [7, 11) is 0. The zero-order valence-electron chi connectivity index (χ0n) is 21.8. The molecule has 40 heavy (non-hydrogen) atoms. The molecular weight excluding hydrogens is 546 g/mol. The number of nitrogens with one attached hydrogen (secondary N) is 1. The molecule has 1 aliphatic heterocycles. The highest BCUT2D eigenvalue weighted by atomic mass is 35.5. The van der Waals surface area contributed by atoms with Gasteiger partial charge in [0, 0.05) is 51.8 Å². The van der Waals surface area contributed by atoms with Crippen LogP contribution in [0.1, 0.15) is 52.6 Å². The van der Waals surface area contributed by atoms with Crippen molar-refractivity contribution >= 4 is 50.9 Å². The molecule has 8 heteroatoms. The van der Waals surface area contributed by atoms with E-state index in [1.165, 1.54) is 0 Å².